The van der Waals surface area contributed by atoms with Crippen molar-refractivity contribution < 1.29 is 26.1 Å². The maximum Gasteiger partial charge on any atom is 0.332 e. The van der Waals surface area contributed by atoms with Crippen LogP contribution in [0.2, 0.25) is 0 Å². The minimum Gasteiger partial charge on any atom is -0.319 e. The van der Waals surface area contributed by atoms with Crippen LogP contribution in [0, 0.1) is 0 Å². The lowest BCUT2D eigenvalue weighted by Gasteiger charge is -2.11. The summed E-state index contributed by atoms with van der Waals surface area (Å²) in [5, 5.41) is 0. The van der Waals surface area contributed by atoms with Crippen molar-refractivity contribution in [3.8, 4) is 5.75 Å². The molecule has 0 aliphatic heterocycles. The SMILES string of the molecule is CCCCCCCCCCCCS(=O)(=O)c1ccccc1OOS(=O)(=O)c1ccccc1. The second-order valence-electron chi connectivity index (χ2n) is 7.87. The zero-order valence-electron chi connectivity index (χ0n) is 18.7. The van der Waals surface area contributed by atoms with E-state index in [0.717, 1.165) is 19.3 Å². The normalized spacial score (nSPS) is 12.0. The molecule has 0 heterocycles. The third-order valence-electron chi connectivity index (χ3n) is 5.20. The molecule has 0 saturated heterocycles. The van der Waals surface area contributed by atoms with E-state index in [1.165, 1.54) is 62.8 Å². The van der Waals surface area contributed by atoms with Gasteiger partial charge in [-0.2, -0.15) is 8.42 Å². The summed E-state index contributed by atoms with van der Waals surface area (Å²) in [7, 11) is -7.81. The van der Waals surface area contributed by atoms with Gasteiger partial charge in [0.1, 0.15) is 4.90 Å². The second kappa shape index (κ2) is 13.6. The molecule has 0 radical (unpaired) electrons. The number of benzene rings is 2. The smallest absolute Gasteiger partial charge is 0.319 e. The third kappa shape index (κ3) is 8.92. The maximum absolute atomic E-state index is 12.8. The monoisotopic (exact) mass is 482 g/mol. The first-order chi connectivity index (χ1) is 15.4. The quantitative estimate of drug-likeness (QED) is 0.164. The Balaban J connectivity index is 1.83. The highest BCUT2D eigenvalue weighted by Crippen LogP contribution is 2.27. The van der Waals surface area contributed by atoms with Gasteiger partial charge in [0.15, 0.2) is 15.6 Å². The summed E-state index contributed by atoms with van der Waals surface area (Å²) in [6.45, 7) is 2.21. The van der Waals surface area contributed by atoms with Crippen LogP contribution in [0.4, 0.5) is 0 Å². The summed E-state index contributed by atoms with van der Waals surface area (Å²) in [4.78, 5) is 4.83. The molecule has 0 N–H and O–H groups in total. The molecule has 0 aromatic heterocycles. The minimum absolute atomic E-state index is 0.0185. The van der Waals surface area contributed by atoms with Gasteiger partial charge in [0, 0.05) is 0 Å². The highest BCUT2D eigenvalue weighted by molar-refractivity contribution is 7.91. The lowest BCUT2D eigenvalue weighted by Crippen LogP contribution is -2.13. The van der Waals surface area contributed by atoms with Crippen molar-refractivity contribution in [3.63, 3.8) is 0 Å². The summed E-state index contributed by atoms with van der Waals surface area (Å²) in [6, 6.07) is 13.4. The highest BCUT2D eigenvalue weighted by Gasteiger charge is 2.23. The van der Waals surface area contributed by atoms with Crippen molar-refractivity contribution in [2.75, 3.05) is 5.75 Å². The molecule has 0 spiro atoms. The molecule has 32 heavy (non-hydrogen) atoms. The number of hydrogen-bond acceptors (Lipinski definition) is 6. The fourth-order valence-electron chi connectivity index (χ4n) is 3.37. The van der Waals surface area contributed by atoms with E-state index in [4.69, 9.17) is 4.89 Å². The highest BCUT2D eigenvalue weighted by atomic mass is 32.2. The molecule has 0 atom stereocenters. The Morgan fingerprint density at radius 1 is 0.656 bits per heavy atom. The van der Waals surface area contributed by atoms with E-state index in [1.54, 1.807) is 30.3 Å². The molecule has 0 amide bonds. The van der Waals surface area contributed by atoms with Crippen LogP contribution in [0.25, 0.3) is 0 Å². The van der Waals surface area contributed by atoms with Gasteiger partial charge in [0.05, 0.1) is 10.6 Å². The Kier molecular flexibility index (Phi) is 11.2. The first-order valence-electron chi connectivity index (χ1n) is 11.3. The van der Waals surface area contributed by atoms with E-state index in [-0.39, 0.29) is 21.3 Å². The average Bonchev–Trinajstić information content (AvgIpc) is 2.80. The topological polar surface area (TPSA) is 86.7 Å². The van der Waals surface area contributed by atoms with Crippen molar-refractivity contribution in [1.82, 2.24) is 0 Å². The fourth-order valence-corrected chi connectivity index (χ4v) is 5.60. The van der Waals surface area contributed by atoms with E-state index in [0.29, 0.717) is 6.42 Å². The van der Waals surface area contributed by atoms with Crippen LogP contribution in [-0.2, 0) is 24.3 Å². The summed E-state index contributed by atoms with van der Waals surface area (Å²) >= 11 is 0. The molecule has 0 unspecified atom stereocenters. The van der Waals surface area contributed by atoms with Gasteiger partial charge in [0.25, 0.3) is 0 Å². The van der Waals surface area contributed by atoms with Crippen molar-refractivity contribution in [3.05, 3.63) is 54.6 Å². The Labute approximate surface area is 192 Å². The van der Waals surface area contributed by atoms with Crippen LogP contribution in [0.5, 0.6) is 5.75 Å². The van der Waals surface area contributed by atoms with Crippen molar-refractivity contribution in [2.24, 2.45) is 0 Å². The third-order valence-corrected chi connectivity index (χ3v) is 8.13. The lowest BCUT2D eigenvalue weighted by molar-refractivity contribution is -0.0954. The molecule has 6 nitrogen and oxygen atoms in total. The Bertz CT molecular complexity index is 1000. The molecule has 0 bridgehead atoms. The number of hydrogen-bond donors (Lipinski definition) is 0. The van der Waals surface area contributed by atoms with Crippen LogP contribution < -0.4 is 4.89 Å². The van der Waals surface area contributed by atoms with E-state index < -0.39 is 20.0 Å². The molecule has 178 valence electrons. The predicted octanol–water partition coefficient (Wildman–Crippen LogP) is 6.08. The molecule has 0 aliphatic rings. The van der Waals surface area contributed by atoms with E-state index in [1.807, 2.05) is 0 Å². The summed E-state index contributed by atoms with van der Waals surface area (Å²) in [5.41, 5.74) is 0. The predicted molar refractivity (Wildman–Crippen MR) is 126 cm³/mol. The van der Waals surface area contributed by atoms with Gasteiger partial charge < -0.3 is 4.89 Å². The molecule has 2 aromatic rings. The molecule has 0 saturated carbocycles. The minimum atomic E-state index is -4.18. The summed E-state index contributed by atoms with van der Waals surface area (Å²) < 4.78 is 54.7. The van der Waals surface area contributed by atoms with E-state index >= 15 is 0 Å². The molecule has 8 heteroatoms. The van der Waals surface area contributed by atoms with Gasteiger partial charge in [-0.1, -0.05) is 99.4 Å². The standard InChI is InChI=1S/C24H34O6S2/c1-2-3-4-5-6-7-8-9-10-16-21-31(25,26)24-20-15-14-19-23(24)29-30-32(27,28)22-17-12-11-13-18-22/h11-15,17-20H,2-10,16,21H2,1H3. The van der Waals surface area contributed by atoms with Crippen LogP contribution >= 0.6 is 0 Å². The van der Waals surface area contributed by atoms with Crippen LogP contribution in [0.3, 0.4) is 0 Å². The van der Waals surface area contributed by atoms with Crippen molar-refractivity contribution in [1.29, 1.82) is 0 Å². The number of para-hydroxylation sites is 1. The maximum atomic E-state index is 12.8. The number of rotatable bonds is 16. The second-order valence-corrected chi connectivity index (χ2v) is 11.5. The lowest BCUT2D eigenvalue weighted by atomic mass is 10.1. The fraction of sp³-hybridized carbons (Fsp3) is 0.500. The number of unbranched alkanes of at least 4 members (excludes halogenated alkanes) is 9. The summed E-state index contributed by atoms with van der Waals surface area (Å²) in [5.74, 6) is -0.158. The van der Waals surface area contributed by atoms with Gasteiger partial charge in [-0.05, 0) is 30.7 Å². The first-order valence-corrected chi connectivity index (χ1v) is 14.4. The van der Waals surface area contributed by atoms with Crippen LogP contribution in [-0.4, -0.2) is 22.6 Å². The largest absolute Gasteiger partial charge is 0.332 e. The molecule has 0 fully saturated rings. The summed E-state index contributed by atoms with van der Waals surface area (Å²) in [6.07, 6.45) is 11.1. The zero-order valence-corrected chi connectivity index (χ0v) is 20.4. The van der Waals surface area contributed by atoms with E-state index in [9.17, 15) is 16.8 Å². The van der Waals surface area contributed by atoms with Crippen molar-refractivity contribution >= 4 is 20.0 Å². The van der Waals surface area contributed by atoms with Gasteiger partial charge in [-0.3, -0.25) is 0 Å². The van der Waals surface area contributed by atoms with Gasteiger partial charge in [-0.25, -0.2) is 8.42 Å². The Morgan fingerprint density at radius 3 is 1.81 bits per heavy atom. The average molecular weight is 483 g/mol. The molecule has 2 rings (SSSR count). The van der Waals surface area contributed by atoms with Crippen molar-refractivity contribution in [2.45, 2.75) is 80.9 Å². The molecular formula is C24H34O6S2. The molecule has 0 aliphatic carbocycles. The van der Waals surface area contributed by atoms with Gasteiger partial charge in [-0.15, -0.1) is 0 Å². The van der Waals surface area contributed by atoms with E-state index in [2.05, 4.69) is 11.3 Å². The van der Waals surface area contributed by atoms with Crippen LogP contribution in [0.15, 0.2) is 64.4 Å². The molecular weight excluding hydrogens is 448 g/mol. The molecule has 2 aromatic carbocycles. The van der Waals surface area contributed by atoms with Gasteiger partial charge in [0.2, 0.25) is 0 Å². The number of sulfone groups is 1. The zero-order chi connectivity index (χ0) is 23.3. The first kappa shape index (κ1) is 26.4. The Hall–Kier alpha value is -1.90. The Morgan fingerprint density at radius 2 is 1.19 bits per heavy atom. The van der Waals surface area contributed by atoms with Gasteiger partial charge >= 0.3 is 10.1 Å². The van der Waals surface area contributed by atoms with Crippen LogP contribution in [0.1, 0.15) is 71.1 Å².